The minimum atomic E-state index is -1.52. The highest BCUT2D eigenvalue weighted by atomic mass is 16.6. The van der Waals surface area contributed by atoms with Crippen LogP contribution in [0.25, 0.3) is 0 Å². The first kappa shape index (κ1) is 13.9. The largest absolute Gasteiger partial charge is 0.473 e. The van der Waals surface area contributed by atoms with E-state index in [0.29, 0.717) is 0 Å². The molecule has 0 aliphatic heterocycles. The van der Waals surface area contributed by atoms with E-state index in [-0.39, 0.29) is 12.0 Å². The summed E-state index contributed by atoms with van der Waals surface area (Å²) < 4.78 is 4.82. The van der Waals surface area contributed by atoms with E-state index >= 15 is 0 Å². The van der Waals surface area contributed by atoms with E-state index in [1.54, 1.807) is 6.92 Å². The number of hydrogen-bond donors (Lipinski definition) is 1. The molecule has 4 nitrogen and oxygen atoms in total. The molecule has 0 aromatic carbocycles. The Balaban J connectivity index is 4.08. The van der Waals surface area contributed by atoms with Gasteiger partial charge in [0.25, 0.3) is 0 Å². The molecule has 0 rings (SSSR count). The van der Waals surface area contributed by atoms with Crippen molar-refractivity contribution in [3.05, 3.63) is 0 Å². The molecule has 0 fully saturated rings. The van der Waals surface area contributed by atoms with Crippen LogP contribution in [0.2, 0.25) is 0 Å². The van der Waals surface area contributed by atoms with E-state index < -0.39 is 11.9 Å². The molecule has 4 heteroatoms. The number of carbonyl (C=O) groups excluding carboxylic acids is 1. The zero-order valence-corrected chi connectivity index (χ0v) is 9.66. The smallest absolute Gasteiger partial charge is 0.417 e. The average Bonchev–Trinajstić information content (AvgIpc) is 2.18. The molecule has 88 valence electrons. The number of unbranched alkanes of at least 4 members (excludes halogenated alkanes) is 1. The predicted molar refractivity (Wildman–Crippen MR) is 56.5 cm³/mol. The first-order valence-corrected chi connectivity index (χ1v) is 5.46. The highest BCUT2D eigenvalue weighted by molar-refractivity contribution is 6.28. The van der Waals surface area contributed by atoms with Crippen LogP contribution in [0, 0.1) is 5.92 Å². The number of esters is 1. The van der Waals surface area contributed by atoms with Crippen molar-refractivity contribution >= 4 is 11.9 Å². The maximum atomic E-state index is 10.8. The third-order valence-corrected chi connectivity index (χ3v) is 2.58. The Bertz CT molecular complexity index is 213. The summed E-state index contributed by atoms with van der Waals surface area (Å²) in [5.74, 6) is -2.42. The maximum absolute atomic E-state index is 10.8. The van der Waals surface area contributed by atoms with Crippen molar-refractivity contribution in [2.45, 2.75) is 52.6 Å². The number of rotatable bonds is 6. The second-order valence-electron chi connectivity index (χ2n) is 3.73. The fourth-order valence-electron chi connectivity index (χ4n) is 1.55. The van der Waals surface area contributed by atoms with Crippen molar-refractivity contribution in [3.8, 4) is 0 Å². The fourth-order valence-corrected chi connectivity index (χ4v) is 1.55. The van der Waals surface area contributed by atoms with Gasteiger partial charge in [0, 0.05) is 0 Å². The summed E-state index contributed by atoms with van der Waals surface area (Å²) in [6, 6.07) is 0. The Morgan fingerprint density at radius 2 is 1.93 bits per heavy atom. The third-order valence-electron chi connectivity index (χ3n) is 2.58. The minimum Gasteiger partial charge on any atom is -0.473 e. The summed E-state index contributed by atoms with van der Waals surface area (Å²) in [7, 11) is 0. The van der Waals surface area contributed by atoms with Gasteiger partial charge in [-0.15, -0.1) is 0 Å². The van der Waals surface area contributed by atoms with Crippen LogP contribution in [0.5, 0.6) is 0 Å². The van der Waals surface area contributed by atoms with Crippen LogP contribution in [0.1, 0.15) is 46.5 Å². The molecule has 0 aliphatic rings. The van der Waals surface area contributed by atoms with Gasteiger partial charge in [-0.1, -0.05) is 26.7 Å². The molecule has 0 heterocycles. The Labute approximate surface area is 90.6 Å². The van der Waals surface area contributed by atoms with Crippen molar-refractivity contribution in [2.24, 2.45) is 5.92 Å². The number of carboxylic acids is 1. The van der Waals surface area contributed by atoms with Crippen molar-refractivity contribution in [1.82, 2.24) is 0 Å². The second-order valence-corrected chi connectivity index (χ2v) is 3.73. The summed E-state index contributed by atoms with van der Waals surface area (Å²) in [5, 5.41) is 8.39. The normalized spacial score (nSPS) is 14.3. The number of carbonyl (C=O) groups is 2. The van der Waals surface area contributed by atoms with Crippen LogP contribution >= 0.6 is 0 Å². The Kier molecular flexibility index (Phi) is 6.75. The summed E-state index contributed by atoms with van der Waals surface area (Å²) in [5.41, 5.74) is 0. The van der Waals surface area contributed by atoms with Crippen molar-refractivity contribution in [2.75, 3.05) is 0 Å². The van der Waals surface area contributed by atoms with E-state index in [4.69, 9.17) is 9.84 Å². The van der Waals surface area contributed by atoms with Crippen LogP contribution in [0.4, 0.5) is 0 Å². The molecule has 0 saturated heterocycles. The molecule has 0 radical (unpaired) electrons. The van der Waals surface area contributed by atoms with Crippen LogP contribution in [-0.2, 0) is 14.3 Å². The van der Waals surface area contributed by atoms with Gasteiger partial charge < -0.3 is 9.84 Å². The van der Waals surface area contributed by atoms with Gasteiger partial charge in [-0.25, -0.2) is 9.59 Å². The highest BCUT2D eigenvalue weighted by Crippen LogP contribution is 2.19. The van der Waals surface area contributed by atoms with Gasteiger partial charge in [0.2, 0.25) is 0 Å². The van der Waals surface area contributed by atoms with Gasteiger partial charge in [0.05, 0.1) is 0 Å². The Morgan fingerprint density at radius 3 is 2.33 bits per heavy atom. The Morgan fingerprint density at radius 1 is 1.33 bits per heavy atom. The molecular formula is C11H20O4. The number of carboxylic acid groups (broad SMARTS) is 1. The molecule has 0 bridgehead atoms. The molecule has 0 amide bonds. The number of aliphatic carboxylic acids is 1. The number of hydrogen-bond acceptors (Lipinski definition) is 3. The lowest BCUT2D eigenvalue weighted by Crippen LogP contribution is -2.27. The SMILES string of the molecule is CCCCC(CC)C(C)OC(=O)C(=O)O. The van der Waals surface area contributed by atoms with Crippen molar-refractivity contribution in [1.29, 1.82) is 0 Å². The maximum Gasteiger partial charge on any atom is 0.417 e. The van der Waals surface area contributed by atoms with Crippen LogP contribution < -0.4 is 0 Å². The zero-order chi connectivity index (χ0) is 11.8. The molecule has 0 aliphatic carbocycles. The van der Waals surface area contributed by atoms with Crippen LogP contribution in [-0.4, -0.2) is 23.1 Å². The average molecular weight is 216 g/mol. The first-order valence-electron chi connectivity index (χ1n) is 5.46. The molecule has 1 N–H and O–H groups in total. The molecular weight excluding hydrogens is 196 g/mol. The van der Waals surface area contributed by atoms with Gasteiger partial charge in [-0.3, -0.25) is 0 Å². The molecule has 0 saturated carbocycles. The van der Waals surface area contributed by atoms with Gasteiger partial charge in [-0.2, -0.15) is 0 Å². The highest BCUT2D eigenvalue weighted by Gasteiger charge is 2.22. The van der Waals surface area contributed by atoms with E-state index in [0.717, 1.165) is 25.7 Å². The van der Waals surface area contributed by atoms with Crippen molar-refractivity contribution < 1.29 is 19.4 Å². The molecule has 0 aromatic rings. The lowest BCUT2D eigenvalue weighted by atomic mass is 9.94. The summed E-state index contributed by atoms with van der Waals surface area (Å²) in [4.78, 5) is 21.1. The quantitative estimate of drug-likeness (QED) is 0.546. The predicted octanol–water partition coefficient (Wildman–Crippen LogP) is 2.22. The van der Waals surface area contributed by atoms with Crippen LogP contribution in [0.15, 0.2) is 0 Å². The zero-order valence-electron chi connectivity index (χ0n) is 9.66. The third kappa shape index (κ3) is 5.40. The van der Waals surface area contributed by atoms with Crippen LogP contribution in [0.3, 0.4) is 0 Å². The lowest BCUT2D eigenvalue weighted by Gasteiger charge is -2.21. The number of ether oxygens (including phenoxy) is 1. The standard InChI is InChI=1S/C11H20O4/c1-4-6-7-9(5-2)8(3)15-11(14)10(12)13/h8-9H,4-7H2,1-3H3,(H,12,13). The Hall–Kier alpha value is -1.06. The van der Waals surface area contributed by atoms with E-state index in [1.807, 2.05) is 6.92 Å². The summed E-state index contributed by atoms with van der Waals surface area (Å²) >= 11 is 0. The van der Waals surface area contributed by atoms with Gasteiger partial charge in [0.15, 0.2) is 0 Å². The summed E-state index contributed by atoms with van der Waals surface area (Å²) in [6.45, 7) is 5.87. The fraction of sp³-hybridized carbons (Fsp3) is 0.818. The minimum absolute atomic E-state index is 0.258. The van der Waals surface area contributed by atoms with E-state index in [1.165, 1.54) is 0 Å². The molecule has 2 unspecified atom stereocenters. The molecule has 0 aromatic heterocycles. The monoisotopic (exact) mass is 216 g/mol. The topological polar surface area (TPSA) is 63.6 Å². The summed E-state index contributed by atoms with van der Waals surface area (Å²) in [6.07, 6.45) is 3.73. The second kappa shape index (κ2) is 7.26. The lowest BCUT2D eigenvalue weighted by molar-refractivity contribution is -0.168. The van der Waals surface area contributed by atoms with Crippen molar-refractivity contribution in [3.63, 3.8) is 0 Å². The van der Waals surface area contributed by atoms with E-state index in [9.17, 15) is 9.59 Å². The molecule has 2 atom stereocenters. The van der Waals surface area contributed by atoms with Gasteiger partial charge in [0.1, 0.15) is 6.10 Å². The van der Waals surface area contributed by atoms with Gasteiger partial charge >= 0.3 is 11.9 Å². The first-order chi connectivity index (χ1) is 7.02. The van der Waals surface area contributed by atoms with E-state index in [2.05, 4.69) is 6.92 Å². The molecule has 15 heavy (non-hydrogen) atoms. The molecule has 0 spiro atoms. The van der Waals surface area contributed by atoms with Gasteiger partial charge in [-0.05, 0) is 25.7 Å².